The van der Waals surface area contributed by atoms with Gasteiger partial charge in [0, 0.05) is 40.0 Å². The average molecular weight is 551 g/mol. The summed E-state index contributed by atoms with van der Waals surface area (Å²) in [5.74, 6) is -1.73. The van der Waals surface area contributed by atoms with Crippen molar-refractivity contribution in [3.8, 4) is 0 Å². The number of halogens is 1. The maximum absolute atomic E-state index is 14.5. The summed E-state index contributed by atoms with van der Waals surface area (Å²) in [6.07, 6.45) is 0.901. The fourth-order valence-electron chi connectivity index (χ4n) is 4.50. The fraction of sp³-hybridized carbons (Fsp3) is 0.387. The van der Waals surface area contributed by atoms with E-state index in [4.69, 9.17) is 10.5 Å². The molecule has 40 heavy (non-hydrogen) atoms. The summed E-state index contributed by atoms with van der Waals surface area (Å²) in [5.41, 5.74) is 7.07. The van der Waals surface area contributed by atoms with Crippen molar-refractivity contribution >= 4 is 28.5 Å². The van der Waals surface area contributed by atoms with E-state index in [1.165, 1.54) is 30.0 Å². The summed E-state index contributed by atoms with van der Waals surface area (Å²) >= 11 is 0. The molecule has 0 aromatic heterocycles. The molecule has 0 fully saturated rings. The first-order valence-corrected chi connectivity index (χ1v) is 13.4. The summed E-state index contributed by atoms with van der Waals surface area (Å²) in [4.78, 5) is 42.7. The van der Waals surface area contributed by atoms with Crippen LogP contribution in [0, 0.1) is 5.82 Å². The number of hydrogen-bond acceptors (Lipinski definition) is 5. The maximum Gasteiger partial charge on any atom is 0.249 e. The van der Waals surface area contributed by atoms with Crippen LogP contribution in [0.4, 0.5) is 4.39 Å². The molecule has 1 unspecified atom stereocenters. The van der Waals surface area contributed by atoms with Crippen LogP contribution in [-0.2, 0) is 32.0 Å². The van der Waals surface area contributed by atoms with Crippen molar-refractivity contribution < 1.29 is 23.5 Å². The first-order valence-electron chi connectivity index (χ1n) is 13.4. The Kier molecular flexibility index (Phi) is 11.2. The van der Waals surface area contributed by atoms with E-state index in [1.54, 1.807) is 25.2 Å². The minimum atomic E-state index is -0.990. The molecule has 3 atom stereocenters. The number of nitrogens with two attached hydrogens (primary N) is 1. The van der Waals surface area contributed by atoms with Crippen LogP contribution >= 0.6 is 0 Å². The Labute approximate surface area is 235 Å². The second-order valence-electron chi connectivity index (χ2n) is 9.96. The van der Waals surface area contributed by atoms with Gasteiger partial charge in [0.1, 0.15) is 24.5 Å². The van der Waals surface area contributed by atoms with E-state index in [0.717, 1.165) is 16.3 Å². The van der Waals surface area contributed by atoms with Crippen LogP contribution in [0.2, 0.25) is 0 Å². The summed E-state index contributed by atoms with van der Waals surface area (Å²) in [5, 5.41) is 4.64. The lowest BCUT2D eigenvalue weighted by atomic mass is 9.98. The number of rotatable bonds is 13. The number of ether oxygens (including phenoxy) is 1. The molecule has 0 aliphatic rings. The molecule has 0 aliphatic carbocycles. The van der Waals surface area contributed by atoms with Gasteiger partial charge in [0.2, 0.25) is 17.7 Å². The molecule has 0 heterocycles. The lowest BCUT2D eigenvalue weighted by Crippen LogP contribution is -2.56. The molecule has 0 saturated carbocycles. The quantitative estimate of drug-likeness (QED) is 0.341. The zero-order valence-corrected chi connectivity index (χ0v) is 23.6. The second-order valence-corrected chi connectivity index (χ2v) is 9.96. The highest BCUT2D eigenvalue weighted by Crippen LogP contribution is 2.20. The molecule has 3 aromatic carbocycles. The van der Waals surface area contributed by atoms with Gasteiger partial charge in [-0.05, 0) is 34.4 Å². The first kappa shape index (κ1) is 30.7. The SMILES string of the molecule is CCC(N)COCC(=O)N(C)[C@H](Cc1ccc2ccccc2c1)C(=O)N(C)[C@H](Cc1ccccc1F)C(=O)NC. The number of hydrogen-bond donors (Lipinski definition) is 2. The van der Waals surface area contributed by atoms with Crippen molar-refractivity contribution in [3.05, 3.63) is 83.7 Å². The molecule has 0 saturated heterocycles. The van der Waals surface area contributed by atoms with Gasteiger partial charge in [-0.25, -0.2) is 4.39 Å². The van der Waals surface area contributed by atoms with Gasteiger partial charge in [-0.3, -0.25) is 14.4 Å². The minimum absolute atomic E-state index is 0.0209. The Hall–Kier alpha value is -3.82. The lowest BCUT2D eigenvalue weighted by molar-refractivity contribution is -0.149. The summed E-state index contributed by atoms with van der Waals surface area (Å²) in [7, 11) is 4.52. The molecule has 214 valence electrons. The molecule has 0 spiro atoms. The van der Waals surface area contributed by atoms with E-state index in [0.29, 0.717) is 12.0 Å². The number of nitrogens with one attached hydrogen (secondary N) is 1. The molecular formula is C31H39FN4O4. The molecule has 3 amide bonds. The van der Waals surface area contributed by atoms with E-state index < -0.39 is 29.7 Å². The average Bonchev–Trinajstić information content (AvgIpc) is 2.97. The molecular weight excluding hydrogens is 511 g/mol. The largest absolute Gasteiger partial charge is 0.370 e. The standard InChI is InChI=1S/C31H39FN4O4/c1-5-25(33)19-40-20-29(37)35(3)28(17-21-14-15-22-10-6-7-11-23(22)16-21)31(39)36(4)27(30(38)34-2)18-24-12-8-9-13-26(24)32/h6-16,25,27-28H,5,17-20,33H2,1-4H3,(H,34,38)/t25?,27-,28-/m1/s1. The smallest absolute Gasteiger partial charge is 0.249 e. The number of amides is 3. The van der Waals surface area contributed by atoms with Gasteiger partial charge in [-0.15, -0.1) is 0 Å². The zero-order chi connectivity index (χ0) is 29.2. The van der Waals surface area contributed by atoms with Gasteiger partial charge < -0.3 is 25.6 Å². The van der Waals surface area contributed by atoms with Gasteiger partial charge in [-0.2, -0.15) is 0 Å². The van der Waals surface area contributed by atoms with E-state index >= 15 is 0 Å². The van der Waals surface area contributed by atoms with E-state index in [2.05, 4.69) is 5.32 Å². The monoisotopic (exact) mass is 550 g/mol. The molecule has 8 nitrogen and oxygen atoms in total. The normalized spacial score (nSPS) is 13.3. The highest BCUT2D eigenvalue weighted by Gasteiger charge is 2.35. The zero-order valence-electron chi connectivity index (χ0n) is 23.6. The highest BCUT2D eigenvalue weighted by atomic mass is 19.1. The molecule has 9 heteroatoms. The molecule has 0 aliphatic heterocycles. The third kappa shape index (κ3) is 7.86. The van der Waals surface area contributed by atoms with Crippen molar-refractivity contribution in [1.29, 1.82) is 0 Å². The number of nitrogens with zero attached hydrogens (tertiary/aromatic N) is 2. The number of benzene rings is 3. The predicted molar refractivity (Wildman–Crippen MR) is 154 cm³/mol. The van der Waals surface area contributed by atoms with Crippen LogP contribution < -0.4 is 11.1 Å². The molecule has 0 bridgehead atoms. The summed E-state index contributed by atoms with van der Waals surface area (Å²) in [6.45, 7) is 1.92. The Bertz CT molecular complexity index is 1320. The van der Waals surface area contributed by atoms with Gasteiger partial charge in [0.15, 0.2) is 0 Å². The maximum atomic E-state index is 14.5. The van der Waals surface area contributed by atoms with Crippen molar-refractivity contribution in [2.75, 3.05) is 34.4 Å². The van der Waals surface area contributed by atoms with Gasteiger partial charge in [0.05, 0.1) is 6.61 Å². The van der Waals surface area contributed by atoms with Gasteiger partial charge in [0.25, 0.3) is 0 Å². The minimum Gasteiger partial charge on any atom is -0.370 e. The second kappa shape index (κ2) is 14.5. The third-order valence-electron chi connectivity index (χ3n) is 7.21. The number of carbonyl (C=O) groups is 3. The lowest BCUT2D eigenvalue weighted by Gasteiger charge is -2.34. The Morgan fingerprint density at radius 2 is 1.60 bits per heavy atom. The van der Waals surface area contributed by atoms with Crippen LogP contribution in [0.1, 0.15) is 24.5 Å². The third-order valence-corrected chi connectivity index (χ3v) is 7.21. The number of likely N-dealkylation sites (N-methyl/N-ethyl adjacent to an activating group) is 3. The van der Waals surface area contributed by atoms with Crippen molar-refractivity contribution in [1.82, 2.24) is 15.1 Å². The summed E-state index contributed by atoms with van der Waals surface area (Å²) < 4.78 is 20.0. The van der Waals surface area contributed by atoms with Crippen molar-refractivity contribution in [2.24, 2.45) is 5.73 Å². The van der Waals surface area contributed by atoms with E-state index in [1.807, 2.05) is 49.4 Å². The van der Waals surface area contributed by atoms with Crippen molar-refractivity contribution in [2.45, 2.75) is 44.3 Å². The van der Waals surface area contributed by atoms with E-state index in [9.17, 15) is 18.8 Å². The van der Waals surface area contributed by atoms with Crippen molar-refractivity contribution in [3.63, 3.8) is 0 Å². The fourth-order valence-corrected chi connectivity index (χ4v) is 4.50. The van der Waals surface area contributed by atoms with E-state index in [-0.39, 0.29) is 38.0 Å². The van der Waals surface area contributed by atoms with Crippen LogP contribution in [-0.4, -0.2) is 80.0 Å². The summed E-state index contributed by atoms with van der Waals surface area (Å²) in [6, 6.07) is 17.8. The highest BCUT2D eigenvalue weighted by molar-refractivity contribution is 5.92. The Morgan fingerprint density at radius 3 is 2.27 bits per heavy atom. The van der Waals surface area contributed by atoms with Crippen LogP contribution in [0.15, 0.2) is 66.7 Å². The predicted octanol–water partition coefficient (Wildman–Crippen LogP) is 2.92. The molecule has 0 radical (unpaired) electrons. The van der Waals surface area contributed by atoms with Gasteiger partial charge in [-0.1, -0.05) is 67.6 Å². The molecule has 3 N–H and O–H groups in total. The Balaban J connectivity index is 1.90. The van der Waals surface area contributed by atoms with Crippen LogP contribution in [0.3, 0.4) is 0 Å². The van der Waals surface area contributed by atoms with Gasteiger partial charge >= 0.3 is 0 Å². The Morgan fingerprint density at radius 1 is 0.925 bits per heavy atom. The topological polar surface area (TPSA) is 105 Å². The first-order chi connectivity index (χ1) is 19.2. The van der Waals surface area contributed by atoms with Crippen LogP contribution in [0.25, 0.3) is 10.8 Å². The van der Waals surface area contributed by atoms with Crippen LogP contribution in [0.5, 0.6) is 0 Å². The molecule has 3 rings (SSSR count). The number of carbonyl (C=O) groups excluding carboxylic acids is 3. The number of fused-ring (bicyclic) bond motifs is 1. The molecule has 3 aromatic rings.